The van der Waals surface area contributed by atoms with E-state index in [1.165, 1.54) is 5.56 Å². The van der Waals surface area contributed by atoms with Crippen LogP contribution in [0.4, 0.5) is 0 Å². The number of hydrogen-bond acceptors (Lipinski definition) is 4. The van der Waals surface area contributed by atoms with Crippen molar-refractivity contribution in [2.75, 3.05) is 26.7 Å². The zero-order valence-electron chi connectivity index (χ0n) is 11.5. The van der Waals surface area contributed by atoms with Crippen LogP contribution < -0.4 is 5.73 Å². The summed E-state index contributed by atoms with van der Waals surface area (Å²) >= 11 is 0. The Bertz CT molecular complexity index is 384. The Kier molecular flexibility index (Phi) is 6.49. The third-order valence-electron chi connectivity index (χ3n) is 3.18. The van der Waals surface area contributed by atoms with Gasteiger partial charge in [0.25, 0.3) is 0 Å². The molecule has 1 aromatic carbocycles. The Balaban J connectivity index is 0.000000312. The number of carboxylic acid groups (broad SMARTS) is 1. The monoisotopic (exact) mass is 266 g/mol. The summed E-state index contributed by atoms with van der Waals surface area (Å²) in [5.41, 5.74) is 5.86. The molecular weight excluding hydrogens is 244 g/mol. The molecule has 2 unspecified atom stereocenters. The van der Waals surface area contributed by atoms with Crippen LogP contribution in [0.3, 0.4) is 0 Å². The molecule has 2 atom stereocenters. The molecule has 106 valence electrons. The van der Waals surface area contributed by atoms with Gasteiger partial charge in [0.15, 0.2) is 0 Å². The van der Waals surface area contributed by atoms with Crippen molar-refractivity contribution in [3.63, 3.8) is 0 Å². The summed E-state index contributed by atoms with van der Waals surface area (Å²) in [4.78, 5) is 11.6. The van der Waals surface area contributed by atoms with Crippen molar-refractivity contribution in [3.05, 3.63) is 35.9 Å². The van der Waals surface area contributed by atoms with Crippen LogP contribution in [-0.4, -0.2) is 48.8 Å². The highest BCUT2D eigenvalue weighted by atomic mass is 16.5. The summed E-state index contributed by atoms with van der Waals surface area (Å²) in [7, 11) is 2.16. The van der Waals surface area contributed by atoms with Gasteiger partial charge in [-0.3, -0.25) is 9.69 Å². The summed E-state index contributed by atoms with van der Waals surface area (Å²) in [6, 6.07) is 10.9. The molecule has 5 nitrogen and oxygen atoms in total. The summed E-state index contributed by atoms with van der Waals surface area (Å²) in [6.07, 6.45) is 0.231. The van der Waals surface area contributed by atoms with E-state index in [2.05, 4.69) is 48.9 Å². The maximum atomic E-state index is 9.24. The third-order valence-corrected chi connectivity index (χ3v) is 3.18. The van der Waals surface area contributed by atoms with Gasteiger partial charge < -0.3 is 15.6 Å². The maximum absolute atomic E-state index is 9.24. The molecule has 1 aromatic rings. The molecule has 0 radical (unpaired) electrons. The van der Waals surface area contributed by atoms with E-state index in [4.69, 9.17) is 9.84 Å². The van der Waals surface area contributed by atoms with Crippen LogP contribution >= 0.6 is 0 Å². The molecule has 1 saturated heterocycles. The summed E-state index contributed by atoms with van der Waals surface area (Å²) in [5.74, 6) is -0.968. The minimum atomic E-state index is -0.968. The highest BCUT2D eigenvalue weighted by Crippen LogP contribution is 2.26. The first-order valence-electron chi connectivity index (χ1n) is 6.35. The first-order valence-corrected chi connectivity index (χ1v) is 6.35. The number of ether oxygens (including phenoxy) is 1. The zero-order chi connectivity index (χ0) is 14.3. The van der Waals surface area contributed by atoms with Gasteiger partial charge in [0.1, 0.15) is 0 Å². The number of rotatable bonds is 2. The minimum absolute atomic E-state index is 0.231. The Morgan fingerprint density at radius 3 is 2.58 bits per heavy atom. The van der Waals surface area contributed by atoms with E-state index in [1.807, 2.05) is 6.07 Å². The fourth-order valence-corrected chi connectivity index (χ4v) is 1.92. The first-order chi connectivity index (χ1) is 9.06. The van der Waals surface area contributed by atoms with E-state index in [0.717, 1.165) is 13.2 Å². The van der Waals surface area contributed by atoms with Crippen molar-refractivity contribution in [1.29, 1.82) is 0 Å². The predicted molar refractivity (Wildman–Crippen MR) is 73.9 cm³/mol. The standard InChI is InChI=1S/C12H17NO.C2H5NO2/c1-10-12(14-9-8-13(10)2)11-6-4-3-5-7-11;3-1-2(4)5/h3-7,10,12H,8-9H2,1-2H3;1,3H2,(H,4,5). The lowest BCUT2D eigenvalue weighted by atomic mass is 10.0. The van der Waals surface area contributed by atoms with E-state index in [1.54, 1.807) is 0 Å². The second-order valence-corrected chi connectivity index (χ2v) is 4.52. The van der Waals surface area contributed by atoms with Gasteiger partial charge in [0, 0.05) is 12.6 Å². The van der Waals surface area contributed by atoms with E-state index >= 15 is 0 Å². The van der Waals surface area contributed by atoms with E-state index in [-0.39, 0.29) is 12.6 Å². The molecule has 2 rings (SSSR count). The Morgan fingerprint density at radius 1 is 1.47 bits per heavy atom. The lowest BCUT2D eigenvalue weighted by Gasteiger charge is -2.37. The van der Waals surface area contributed by atoms with Crippen molar-refractivity contribution in [3.8, 4) is 0 Å². The van der Waals surface area contributed by atoms with Crippen LogP contribution in [0.15, 0.2) is 30.3 Å². The smallest absolute Gasteiger partial charge is 0.317 e. The molecule has 0 aromatic heterocycles. The highest BCUT2D eigenvalue weighted by Gasteiger charge is 2.27. The molecule has 5 heteroatoms. The minimum Gasteiger partial charge on any atom is -0.480 e. The SMILES string of the molecule is CC1C(c2ccccc2)OCCN1C.NCC(=O)O. The number of likely N-dealkylation sites (N-methyl/N-ethyl adjacent to an activating group) is 1. The van der Waals surface area contributed by atoms with E-state index < -0.39 is 5.97 Å². The van der Waals surface area contributed by atoms with Gasteiger partial charge in [-0.15, -0.1) is 0 Å². The van der Waals surface area contributed by atoms with Crippen molar-refractivity contribution in [2.24, 2.45) is 5.73 Å². The molecular formula is C14H22N2O3. The molecule has 1 fully saturated rings. The second kappa shape index (κ2) is 7.89. The number of carbonyl (C=O) groups is 1. The second-order valence-electron chi connectivity index (χ2n) is 4.52. The number of nitrogens with two attached hydrogens (primary N) is 1. The lowest BCUT2D eigenvalue weighted by molar-refractivity contribution is -0.135. The van der Waals surface area contributed by atoms with Crippen LogP contribution in [0.25, 0.3) is 0 Å². The molecule has 1 aliphatic rings. The number of nitrogens with zero attached hydrogens (tertiary/aromatic N) is 1. The molecule has 1 aliphatic heterocycles. The molecule has 0 aliphatic carbocycles. The third kappa shape index (κ3) is 4.98. The van der Waals surface area contributed by atoms with Gasteiger partial charge in [-0.2, -0.15) is 0 Å². The Hall–Kier alpha value is -1.43. The lowest BCUT2D eigenvalue weighted by Crippen LogP contribution is -2.42. The zero-order valence-corrected chi connectivity index (χ0v) is 11.5. The Morgan fingerprint density at radius 2 is 2.05 bits per heavy atom. The van der Waals surface area contributed by atoms with Crippen LogP contribution in [0, 0.1) is 0 Å². The predicted octanol–water partition coefficient (Wildman–Crippen LogP) is 1.11. The topological polar surface area (TPSA) is 75.8 Å². The molecule has 0 saturated carbocycles. The van der Waals surface area contributed by atoms with Crippen molar-refractivity contribution in [2.45, 2.75) is 19.1 Å². The van der Waals surface area contributed by atoms with Gasteiger partial charge in [-0.25, -0.2) is 0 Å². The van der Waals surface area contributed by atoms with Gasteiger partial charge in [0.05, 0.1) is 19.3 Å². The molecule has 19 heavy (non-hydrogen) atoms. The number of hydrogen-bond donors (Lipinski definition) is 2. The van der Waals surface area contributed by atoms with Gasteiger partial charge in [-0.05, 0) is 19.5 Å². The van der Waals surface area contributed by atoms with E-state index in [0.29, 0.717) is 6.04 Å². The average Bonchev–Trinajstić information content (AvgIpc) is 2.43. The van der Waals surface area contributed by atoms with Crippen molar-refractivity contribution >= 4 is 5.97 Å². The number of morpholine rings is 1. The average molecular weight is 266 g/mol. The number of carboxylic acids is 1. The molecule has 0 bridgehead atoms. The summed E-state index contributed by atoms with van der Waals surface area (Å²) < 4.78 is 5.80. The van der Waals surface area contributed by atoms with Gasteiger partial charge in [-0.1, -0.05) is 30.3 Å². The number of benzene rings is 1. The fraction of sp³-hybridized carbons (Fsp3) is 0.500. The molecule has 3 N–H and O–H groups in total. The van der Waals surface area contributed by atoms with Crippen LogP contribution in [0.1, 0.15) is 18.6 Å². The first kappa shape index (κ1) is 15.6. The largest absolute Gasteiger partial charge is 0.480 e. The summed E-state index contributed by atoms with van der Waals surface area (Å²) in [5, 5.41) is 7.60. The normalized spacial score (nSPS) is 23.3. The molecule has 0 amide bonds. The van der Waals surface area contributed by atoms with Gasteiger partial charge in [0.2, 0.25) is 0 Å². The molecule has 0 spiro atoms. The Labute approximate surface area is 114 Å². The molecule has 1 heterocycles. The van der Waals surface area contributed by atoms with Crippen molar-refractivity contribution in [1.82, 2.24) is 4.90 Å². The van der Waals surface area contributed by atoms with Crippen LogP contribution in [-0.2, 0) is 9.53 Å². The van der Waals surface area contributed by atoms with E-state index in [9.17, 15) is 4.79 Å². The summed E-state index contributed by atoms with van der Waals surface area (Å²) in [6.45, 7) is 3.81. The highest BCUT2D eigenvalue weighted by molar-refractivity contribution is 5.68. The van der Waals surface area contributed by atoms with Crippen molar-refractivity contribution < 1.29 is 14.6 Å². The van der Waals surface area contributed by atoms with Crippen LogP contribution in [0.5, 0.6) is 0 Å². The number of aliphatic carboxylic acids is 1. The van der Waals surface area contributed by atoms with Crippen LogP contribution in [0.2, 0.25) is 0 Å². The maximum Gasteiger partial charge on any atom is 0.317 e. The fourth-order valence-electron chi connectivity index (χ4n) is 1.92. The quantitative estimate of drug-likeness (QED) is 0.838. The van der Waals surface area contributed by atoms with Gasteiger partial charge >= 0.3 is 5.97 Å².